The minimum absolute atomic E-state index is 0.0234. The molecule has 0 spiro atoms. The molecule has 1 atom stereocenters. The van der Waals surface area contributed by atoms with E-state index >= 15 is 0 Å². The first-order valence-electron chi connectivity index (χ1n) is 6.91. The van der Waals surface area contributed by atoms with E-state index < -0.39 is 0 Å². The summed E-state index contributed by atoms with van der Waals surface area (Å²) in [6, 6.07) is 0. The highest BCUT2D eigenvalue weighted by Crippen LogP contribution is 2.33. The van der Waals surface area contributed by atoms with Crippen LogP contribution in [0.5, 0.6) is 0 Å². The first-order chi connectivity index (χ1) is 8.64. The highest BCUT2D eigenvalue weighted by Gasteiger charge is 2.36. The van der Waals surface area contributed by atoms with Crippen LogP contribution in [-0.4, -0.2) is 62.8 Å². The summed E-state index contributed by atoms with van der Waals surface area (Å²) in [6.45, 7) is 2.82. The Kier molecular flexibility index (Phi) is 4.59. The van der Waals surface area contributed by atoms with E-state index in [1.165, 1.54) is 25.7 Å². The number of carbonyl (C=O) groups excluding carboxylic acids is 1. The third-order valence-electron chi connectivity index (χ3n) is 4.29. The summed E-state index contributed by atoms with van der Waals surface area (Å²) in [6.07, 6.45) is 4.54. The van der Waals surface area contributed by atoms with Gasteiger partial charge in [-0.25, -0.2) is 0 Å². The van der Waals surface area contributed by atoms with Crippen LogP contribution in [0, 0.1) is 0 Å². The molecule has 5 heteroatoms. The molecule has 1 saturated carbocycles. The maximum absolute atomic E-state index is 12.0. The van der Waals surface area contributed by atoms with Gasteiger partial charge in [-0.15, -0.1) is 0 Å². The summed E-state index contributed by atoms with van der Waals surface area (Å²) < 4.78 is 5.46. The van der Waals surface area contributed by atoms with Gasteiger partial charge in [0, 0.05) is 25.2 Å². The van der Waals surface area contributed by atoms with Gasteiger partial charge in [-0.3, -0.25) is 4.79 Å². The fourth-order valence-electron chi connectivity index (χ4n) is 2.91. The predicted molar refractivity (Wildman–Crippen MR) is 70.5 cm³/mol. The standard InChI is InChI=1S/C13H25N3O2/c1-16(2)13(5-3-4-6-13)10-15-12(17)11-9-14-7-8-18-11/h11,14H,3-10H2,1-2H3,(H,15,17). The summed E-state index contributed by atoms with van der Waals surface area (Å²) in [5.41, 5.74) is 0.151. The van der Waals surface area contributed by atoms with Crippen LogP contribution in [0.3, 0.4) is 0 Å². The lowest BCUT2D eigenvalue weighted by Crippen LogP contribution is -2.54. The summed E-state index contributed by atoms with van der Waals surface area (Å²) in [5, 5.41) is 6.25. The van der Waals surface area contributed by atoms with Crippen molar-refractivity contribution in [1.82, 2.24) is 15.5 Å². The molecule has 1 unspecified atom stereocenters. The van der Waals surface area contributed by atoms with E-state index in [1.807, 2.05) is 0 Å². The second-order valence-corrected chi connectivity index (χ2v) is 5.61. The van der Waals surface area contributed by atoms with Crippen molar-refractivity contribution in [3.8, 4) is 0 Å². The van der Waals surface area contributed by atoms with E-state index in [0.717, 1.165) is 13.1 Å². The Hall–Kier alpha value is -0.650. The number of rotatable bonds is 4. The Balaban J connectivity index is 1.83. The SMILES string of the molecule is CN(C)C1(CNC(=O)C2CNCCO2)CCCC1. The number of hydrogen-bond donors (Lipinski definition) is 2. The second kappa shape index (κ2) is 5.99. The lowest BCUT2D eigenvalue weighted by atomic mass is 9.96. The Morgan fingerprint density at radius 1 is 1.44 bits per heavy atom. The van der Waals surface area contributed by atoms with Crippen LogP contribution in [-0.2, 0) is 9.53 Å². The largest absolute Gasteiger partial charge is 0.366 e. The van der Waals surface area contributed by atoms with Gasteiger partial charge in [0.05, 0.1) is 6.61 Å². The number of carbonyl (C=O) groups is 1. The molecule has 1 heterocycles. The van der Waals surface area contributed by atoms with Crippen molar-refractivity contribution >= 4 is 5.91 Å². The maximum Gasteiger partial charge on any atom is 0.250 e. The van der Waals surface area contributed by atoms with Crippen LogP contribution in [0.2, 0.25) is 0 Å². The molecule has 2 aliphatic rings. The summed E-state index contributed by atoms with van der Waals surface area (Å²) >= 11 is 0. The molecule has 0 aromatic heterocycles. The quantitative estimate of drug-likeness (QED) is 0.740. The molecule has 0 aromatic carbocycles. The van der Waals surface area contributed by atoms with E-state index in [9.17, 15) is 4.79 Å². The van der Waals surface area contributed by atoms with Gasteiger partial charge in [-0.05, 0) is 26.9 Å². The summed E-state index contributed by atoms with van der Waals surface area (Å²) in [5.74, 6) is 0.0234. The number of amides is 1. The van der Waals surface area contributed by atoms with Crippen molar-refractivity contribution in [2.24, 2.45) is 0 Å². The normalized spacial score (nSPS) is 27.4. The average Bonchev–Trinajstić information content (AvgIpc) is 2.87. The van der Waals surface area contributed by atoms with Crippen molar-refractivity contribution in [2.75, 3.05) is 40.3 Å². The summed E-state index contributed by atoms with van der Waals surface area (Å²) in [7, 11) is 4.21. The lowest BCUT2D eigenvalue weighted by Gasteiger charge is -2.37. The monoisotopic (exact) mass is 255 g/mol. The van der Waals surface area contributed by atoms with Crippen LogP contribution in [0.15, 0.2) is 0 Å². The van der Waals surface area contributed by atoms with E-state index in [1.54, 1.807) is 0 Å². The van der Waals surface area contributed by atoms with Crippen LogP contribution in [0.1, 0.15) is 25.7 Å². The number of likely N-dealkylation sites (N-methyl/N-ethyl adjacent to an activating group) is 1. The van der Waals surface area contributed by atoms with Gasteiger partial charge in [-0.1, -0.05) is 12.8 Å². The van der Waals surface area contributed by atoms with E-state index in [4.69, 9.17) is 4.74 Å². The molecule has 104 valence electrons. The van der Waals surface area contributed by atoms with Crippen molar-refractivity contribution in [2.45, 2.75) is 37.3 Å². The molecule has 2 rings (SSSR count). The third-order valence-corrected chi connectivity index (χ3v) is 4.29. The molecule has 18 heavy (non-hydrogen) atoms. The Bertz CT molecular complexity index is 282. The van der Waals surface area contributed by atoms with E-state index in [2.05, 4.69) is 29.6 Å². The zero-order valence-corrected chi connectivity index (χ0v) is 11.5. The zero-order valence-electron chi connectivity index (χ0n) is 11.5. The van der Waals surface area contributed by atoms with Gasteiger partial charge in [-0.2, -0.15) is 0 Å². The Labute approximate surface area is 109 Å². The van der Waals surface area contributed by atoms with Gasteiger partial charge in [0.2, 0.25) is 0 Å². The topological polar surface area (TPSA) is 53.6 Å². The first-order valence-corrected chi connectivity index (χ1v) is 6.91. The Morgan fingerprint density at radius 3 is 2.72 bits per heavy atom. The zero-order chi connectivity index (χ0) is 13.0. The third kappa shape index (κ3) is 3.02. The maximum atomic E-state index is 12.0. The van der Waals surface area contributed by atoms with E-state index in [-0.39, 0.29) is 17.6 Å². The number of ether oxygens (including phenoxy) is 1. The lowest BCUT2D eigenvalue weighted by molar-refractivity contribution is -0.134. The molecule has 2 fully saturated rings. The van der Waals surface area contributed by atoms with Crippen LogP contribution < -0.4 is 10.6 Å². The molecule has 2 N–H and O–H groups in total. The van der Waals surface area contributed by atoms with Gasteiger partial charge in [0.15, 0.2) is 0 Å². The number of nitrogens with one attached hydrogen (secondary N) is 2. The number of morpholine rings is 1. The van der Waals surface area contributed by atoms with Gasteiger partial charge >= 0.3 is 0 Å². The van der Waals surface area contributed by atoms with Crippen LogP contribution in [0.4, 0.5) is 0 Å². The first kappa shape index (κ1) is 13.8. The fraction of sp³-hybridized carbons (Fsp3) is 0.923. The van der Waals surface area contributed by atoms with Crippen LogP contribution >= 0.6 is 0 Å². The fourth-order valence-corrected chi connectivity index (χ4v) is 2.91. The molecular weight excluding hydrogens is 230 g/mol. The highest BCUT2D eigenvalue weighted by molar-refractivity contribution is 5.81. The molecule has 1 saturated heterocycles. The van der Waals surface area contributed by atoms with Crippen LogP contribution in [0.25, 0.3) is 0 Å². The molecule has 1 aliphatic carbocycles. The molecule has 5 nitrogen and oxygen atoms in total. The van der Waals surface area contributed by atoms with Gasteiger partial charge in [0.25, 0.3) is 5.91 Å². The van der Waals surface area contributed by atoms with E-state index in [0.29, 0.717) is 13.2 Å². The minimum atomic E-state index is -0.320. The van der Waals surface area contributed by atoms with Crippen molar-refractivity contribution in [1.29, 1.82) is 0 Å². The molecule has 1 amide bonds. The van der Waals surface area contributed by atoms with Crippen molar-refractivity contribution in [3.05, 3.63) is 0 Å². The smallest absolute Gasteiger partial charge is 0.250 e. The van der Waals surface area contributed by atoms with Crippen molar-refractivity contribution < 1.29 is 9.53 Å². The molecule has 0 radical (unpaired) electrons. The molecule has 1 aliphatic heterocycles. The summed E-state index contributed by atoms with van der Waals surface area (Å²) in [4.78, 5) is 14.3. The van der Waals surface area contributed by atoms with Gasteiger partial charge in [0.1, 0.15) is 6.10 Å². The predicted octanol–water partition coefficient (Wildman–Crippen LogP) is -0.0346. The molecule has 0 bridgehead atoms. The Morgan fingerprint density at radius 2 is 2.17 bits per heavy atom. The molecule has 0 aromatic rings. The number of hydrogen-bond acceptors (Lipinski definition) is 4. The highest BCUT2D eigenvalue weighted by atomic mass is 16.5. The number of nitrogens with zero attached hydrogens (tertiary/aromatic N) is 1. The minimum Gasteiger partial charge on any atom is -0.366 e. The van der Waals surface area contributed by atoms with Crippen molar-refractivity contribution in [3.63, 3.8) is 0 Å². The second-order valence-electron chi connectivity index (χ2n) is 5.61. The molecular formula is C13H25N3O2. The van der Waals surface area contributed by atoms with Gasteiger partial charge < -0.3 is 20.3 Å². The average molecular weight is 255 g/mol.